The molecular weight excluding hydrogens is 158 g/mol. The molecule has 0 aromatic heterocycles. The molecule has 0 aliphatic carbocycles. The fourth-order valence-electron chi connectivity index (χ4n) is 0.843. The molecule has 0 radical (unpaired) electrons. The van der Waals surface area contributed by atoms with Crippen LogP contribution in [0.15, 0.2) is 0 Å². The van der Waals surface area contributed by atoms with Crippen molar-refractivity contribution in [1.29, 1.82) is 0 Å². The lowest BCUT2D eigenvalue weighted by molar-refractivity contribution is -0.153. The molecule has 0 amide bonds. The van der Waals surface area contributed by atoms with E-state index in [4.69, 9.17) is 15.6 Å². The summed E-state index contributed by atoms with van der Waals surface area (Å²) < 4.78 is 5.13. The smallest absolute Gasteiger partial charge is 0.333 e. The second kappa shape index (κ2) is 5.97. The summed E-state index contributed by atoms with van der Waals surface area (Å²) in [6, 6.07) is 0. The van der Waals surface area contributed by atoms with Gasteiger partial charge < -0.3 is 15.6 Å². The summed E-state index contributed by atoms with van der Waals surface area (Å²) in [5, 5.41) is 8.69. The third kappa shape index (κ3) is 4.31. The highest BCUT2D eigenvalue weighted by Crippen LogP contribution is 2.06. The van der Waals surface area contributed by atoms with E-state index in [2.05, 4.69) is 0 Å². The van der Waals surface area contributed by atoms with Crippen molar-refractivity contribution in [3.8, 4) is 0 Å². The van der Waals surface area contributed by atoms with Crippen LogP contribution in [0, 0.1) is 5.92 Å². The van der Waals surface area contributed by atoms with E-state index in [1.54, 1.807) is 0 Å². The minimum Gasteiger partial charge on any atom is -0.479 e. The molecule has 72 valence electrons. The molecule has 0 spiro atoms. The number of aliphatic carboxylic acids is 1. The summed E-state index contributed by atoms with van der Waals surface area (Å²) in [7, 11) is 0. The Balaban J connectivity index is 3.72. The molecule has 0 aliphatic rings. The number of nitrogens with two attached hydrogens (primary N) is 1. The Morgan fingerprint density at radius 3 is 2.50 bits per heavy atom. The van der Waals surface area contributed by atoms with E-state index in [0.29, 0.717) is 19.6 Å². The van der Waals surface area contributed by atoms with Gasteiger partial charge in [0.15, 0.2) is 6.10 Å². The minimum absolute atomic E-state index is 0.000254. The van der Waals surface area contributed by atoms with Gasteiger partial charge in [-0.2, -0.15) is 0 Å². The first-order valence-corrected chi connectivity index (χ1v) is 4.14. The second-order valence-corrected chi connectivity index (χ2v) is 3.02. The van der Waals surface area contributed by atoms with Gasteiger partial charge in [0.2, 0.25) is 0 Å². The van der Waals surface area contributed by atoms with Crippen molar-refractivity contribution >= 4 is 5.97 Å². The van der Waals surface area contributed by atoms with Crippen LogP contribution in [0.3, 0.4) is 0 Å². The molecule has 3 N–H and O–H groups in total. The fraction of sp³-hybridized carbons (Fsp3) is 0.875. The van der Waals surface area contributed by atoms with Gasteiger partial charge in [0.25, 0.3) is 0 Å². The molecule has 12 heavy (non-hydrogen) atoms. The zero-order chi connectivity index (χ0) is 9.56. The molecule has 4 nitrogen and oxygen atoms in total. The number of carboxylic acid groups (broad SMARTS) is 1. The Morgan fingerprint density at radius 1 is 1.58 bits per heavy atom. The van der Waals surface area contributed by atoms with Crippen LogP contribution in [0.25, 0.3) is 0 Å². The molecule has 0 aromatic rings. The SMILES string of the molecule is CC(C)C(OCCCN)C(=O)O. The third-order valence-electron chi connectivity index (χ3n) is 1.49. The monoisotopic (exact) mass is 175 g/mol. The summed E-state index contributed by atoms with van der Waals surface area (Å²) >= 11 is 0. The molecule has 0 fully saturated rings. The Kier molecular flexibility index (Phi) is 5.66. The molecular formula is C8H17NO3. The van der Waals surface area contributed by atoms with Gasteiger partial charge in [-0.3, -0.25) is 0 Å². The van der Waals surface area contributed by atoms with Gasteiger partial charge in [0.05, 0.1) is 0 Å². The van der Waals surface area contributed by atoms with Gasteiger partial charge in [0, 0.05) is 6.61 Å². The molecule has 0 rings (SSSR count). The van der Waals surface area contributed by atoms with Crippen molar-refractivity contribution < 1.29 is 14.6 Å². The number of carboxylic acids is 1. The largest absolute Gasteiger partial charge is 0.479 e. The summed E-state index contributed by atoms with van der Waals surface area (Å²) in [5.41, 5.74) is 5.24. The summed E-state index contributed by atoms with van der Waals surface area (Å²) in [4.78, 5) is 10.6. The molecule has 0 aliphatic heterocycles. The van der Waals surface area contributed by atoms with Gasteiger partial charge in [-0.15, -0.1) is 0 Å². The van der Waals surface area contributed by atoms with Crippen molar-refractivity contribution in [3.63, 3.8) is 0 Å². The van der Waals surface area contributed by atoms with Gasteiger partial charge in [-0.1, -0.05) is 13.8 Å². The van der Waals surface area contributed by atoms with E-state index < -0.39 is 12.1 Å². The third-order valence-corrected chi connectivity index (χ3v) is 1.49. The molecule has 1 unspecified atom stereocenters. The van der Waals surface area contributed by atoms with E-state index in [1.807, 2.05) is 13.8 Å². The highest BCUT2D eigenvalue weighted by molar-refractivity contribution is 5.72. The Hall–Kier alpha value is -0.610. The first-order chi connectivity index (χ1) is 5.59. The minimum atomic E-state index is -0.901. The predicted molar refractivity (Wildman–Crippen MR) is 45.9 cm³/mol. The van der Waals surface area contributed by atoms with Gasteiger partial charge in [-0.25, -0.2) is 4.79 Å². The first-order valence-electron chi connectivity index (χ1n) is 4.14. The van der Waals surface area contributed by atoms with Crippen LogP contribution in [0.1, 0.15) is 20.3 Å². The van der Waals surface area contributed by atoms with E-state index in [0.717, 1.165) is 0 Å². The summed E-state index contributed by atoms with van der Waals surface area (Å²) in [6.07, 6.45) is 0.00722. The lowest BCUT2D eigenvalue weighted by atomic mass is 10.1. The molecule has 0 saturated carbocycles. The van der Waals surface area contributed by atoms with Crippen LogP contribution in [-0.2, 0) is 9.53 Å². The lowest BCUT2D eigenvalue weighted by Gasteiger charge is -2.16. The maximum atomic E-state index is 10.6. The van der Waals surface area contributed by atoms with Crippen molar-refractivity contribution in [2.45, 2.75) is 26.4 Å². The maximum absolute atomic E-state index is 10.6. The first kappa shape index (κ1) is 11.4. The van der Waals surface area contributed by atoms with Gasteiger partial charge in [0.1, 0.15) is 0 Å². The van der Waals surface area contributed by atoms with E-state index >= 15 is 0 Å². The Morgan fingerprint density at radius 2 is 2.17 bits per heavy atom. The van der Waals surface area contributed by atoms with Crippen LogP contribution in [0.2, 0.25) is 0 Å². The van der Waals surface area contributed by atoms with Crippen LogP contribution in [-0.4, -0.2) is 30.3 Å². The molecule has 0 saturated heterocycles. The summed E-state index contributed by atoms with van der Waals surface area (Å²) in [5.74, 6) is -0.901. The Labute approximate surface area is 72.7 Å². The van der Waals surface area contributed by atoms with Gasteiger partial charge >= 0.3 is 5.97 Å². The quantitative estimate of drug-likeness (QED) is 0.575. The topological polar surface area (TPSA) is 72.5 Å². The lowest BCUT2D eigenvalue weighted by Crippen LogP contribution is -2.30. The van der Waals surface area contributed by atoms with E-state index in [-0.39, 0.29) is 5.92 Å². The zero-order valence-corrected chi connectivity index (χ0v) is 7.62. The van der Waals surface area contributed by atoms with E-state index in [9.17, 15) is 4.79 Å². The normalized spacial score (nSPS) is 13.3. The van der Waals surface area contributed by atoms with Crippen LogP contribution in [0.4, 0.5) is 0 Å². The highest BCUT2D eigenvalue weighted by Gasteiger charge is 2.21. The van der Waals surface area contributed by atoms with Crippen molar-refractivity contribution in [2.24, 2.45) is 11.7 Å². The number of carbonyl (C=O) groups is 1. The molecule has 1 atom stereocenters. The average Bonchev–Trinajstić information content (AvgIpc) is 1.96. The molecule has 4 heteroatoms. The standard InChI is InChI=1S/C8H17NO3/c1-6(2)7(8(10)11)12-5-3-4-9/h6-7H,3-5,9H2,1-2H3,(H,10,11). The van der Waals surface area contributed by atoms with Crippen LogP contribution >= 0.6 is 0 Å². The van der Waals surface area contributed by atoms with E-state index in [1.165, 1.54) is 0 Å². The Bertz CT molecular complexity index is 136. The van der Waals surface area contributed by atoms with Crippen LogP contribution < -0.4 is 5.73 Å². The van der Waals surface area contributed by atoms with Gasteiger partial charge in [-0.05, 0) is 18.9 Å². The molecule has 0 bridgehead atoms. The fourth-order valence-corrected chi connectivity index (χ4v) is 0.843. The maximum Gasteiger partial charge on any atom is 0.333 e. The van der Waals surface area contributed by atoms with Crippen LogP contribution in [0.5, 0.6) is 0 Å². The average molecular weight is 175 g/mol. The van der Waals surface area contributed by atoms with Crippen molar-refractivity contribution in [1.82, 2.24) is 0 Å². The molecule has 0 aromatic carbocycles. The summed E-state index contributed by atoms with van der Waals surface area (Å²) in [6.45, 7) is 4.60. The highest BCUT2D eigenvalue weighted by atomic mass is 16.5. The zero-order valence-electron chi connectivity index (χ0n) is 7.62. The molecule has 0 heterocycles. The number of hydrogen-bond donors (Lipinski definition) is 2. The number of rotatable bonds is 6. The van der Waals surface area contributed by atoms with Crippen molar-refractivity contribution in [3.05, 3.63) is 0 Å². The van der Waals surface area contributed by atoms with Crippen molar-refractivity contribution in [2.75, 3.05) is 13.2 Å². The predicted octanol–water partition coefficient (Wildman–Crippen LogP) is 0.461. The second-order valence-electron chi connectivity index (χ2n) is 3.02. The number of hydrogen-bond acceptors (Lipinski definition) is 3. The number of ether oxygens (including phenoxy) is 1.